The van der Waals surface area contributed by atoms with Crippen LogP contribution in [0, 0.1) is 0 Å². The maximum atomic E-state index is 13.5. The van der Waals surface area contributed by atoms with Gasteiger partial charge >= 0.3 is 5.91 Å². The number of aromatic nitrogens is 2. The summed E-state index contributed by atoms with van der Waals surface area (Å²) in [6.07, 6.45) is 0.709. The lowest BCUT2D eigenvalue weighted by Gasteiger charge is -2.22. The molecule has 3 aromatic carbocycles. The lowest BCUT2D eigenvalue weighted by atomic mass is 9.94. The second-order valence-electron chi connectivity index (χ2n) is 9.63. The van der Waals surface area contributed by atoms with E-state index < -0.39 is 17.7 Å². The highest BCUT2D eigenvalue weighted by Gasteiger charge is 2.48. The van der Waals surface area contributed by atoms with Crippen molar-refractivity contribution in [2.75, 3.05) is 12.0 Å². The van der Waals surface area contributed by atoms with E-state index in [1.807, 2.05) is 31.2 Å². The fourth-order valence-electron chi connectivity index (χ4n) is 4.97. The number of halogens is 1. The van der Waals surface area contributed by atoms with Gasteiger partial charge in [0.05, 0.1) is 18.7 Å². The zero-order chi connectivity index (χ0) is 28.7. The minimum absolute atomic E-state index is 0.0208. The summed E-state index contributed by atoms with van der Waals surface area (Å²) in [4.78, 5) is 28.4. The summed E-state index contributed by atoms with van der Waals surface area (Å²) in [5.41, 5.74) is 2.91. The summed E-state index contributed by atoms with van der Waals surface area (Å²) in [6.45, 7) is 1.97. The molecule has 11 heteroatoms. The van der Waals surface area contributed by atoms with E-state index in [1.54, 1.807) is 49.6 Å². The van der Waals surface area contributed by atoms with Crippen LogP contribution in [0.25, 0.3) is 5.76 Å². The third-order valence-electron chi connectivity index (χ3n) is 6.96. The minimum Gasteiger partial charge on any atom is -0.507 e. The fraction of sp³-hybridized carbons (Fsp3) is 0.200. The predicted octanol–water partition coefficient (Wildman–Crippen LogP) is 6.44. The van der Waals surface area contributed by atoms with E-state index in [-0.39, 0.29) is 22.6 Å². The molecular weight excluding hydrogens is 582 g/mol. The van der Waals surface area contributed by atoms with Crippen molar-refractivity contribution in [1.29, 1.82) is 0 Å². The molecule has 2 atom stereocenters. The van der Waals surface area contributed by atoms with E-state index >= 15 is 0 Å². The summed E-state index contributed by atoms with van der Waals surface area (Å²) in [5, 5.41) is 21.0. The molecule has 1 N–H and O–H groups in total. The van der Waals surface area contributed by atoms with Crippen LogP contribution in [-0.4, -0.2) is 40.2 Å². The summed E-state index contributed by atoms with van der Waals surface area (Å²) in [6, 6.07) is 18.9. The van der Waals surface area contributed by atoms with Gasteiger partial charge in [0.1, 0.15) is 23.4 Å². The number of benzene rings is 3. The Morgan fingerprint density at radius 2 is 1.93 bits per heavy atom. The average Bonchev–Trinajstić information content (AvgIpc) is 3.67. The van der Waals surface area contributed by atoms with Crippen molar-refractivity contribution in [3.63, 3.8) is 0 Å². The molecule has 1 saturated heterocycles. The lowest BCUT2D eigenvalue weighted by Crippen LogP contribution is -2.29. The molecule has 0 aliphatic carbocycles. The molecule has 208 valence electrons. The van der Waals surface area contributed by atoms with Crippen LogP contribution >= 0.6 is 34.7 Å². The second kappa shape index (κ2) is 11.2. The zero-order valence-corrected chi connectivity index (χ0v) is 24.4. The van der Waals surface area contributed by atoms with Crippen molar-refractivity contribution in [1.82, 2.24) is 10.2 Å². The quantitative estimate of drug-likeness (QED) is 0.0844. The molecule has 8 nitrogen and oxygen atoms in total. The molecule has 1 fully saturated rings. The third-order valence-corrected chi connectivity index (χ3v) is 9.43. The number of methoxy groups -OCH3 is 1. The van der Waals surface area contributed by atoms with Crippen molar-refractivity contribution in [2.45, 2.75) is 35.6 Å². The Morgan fingerprint density at radius 3 is 2.68 bits per heavy atom. The van der Waals surface area contributed by atoms with Crippen LogP contribution < -0.4 is 14.4 Å². The minimum atomic E-state index is -0.918. The van der Waals surface area contributed by atoms with Crippen LogP contribution in [0.3, 0.4) is 0 Å². The Morgan fingerprint density at radius 1 is 1.15 bits per heavy atom. The van der Waals surface area contributed by atoms with Crippen molar-refractivity contribution >= 4 is 57.3 Å². The second-order valence-corrected chi connectivity index (χ2v) is 12.2. The number of carbonyl (C=O) groups is 2. The Balaban J connectivity index is 1.39. The number of Topliss-reactive ketones (excluding diaryl/α,β-unsaturated/α-hetero) is 1. The van der Waals surface area contributed by atoms with Gasteiger partial charge in [-0.15, -0.1) is 10.2 Å². The zero-order valence-electron chi connectivity index (χ0n) is 22.0. The maximum Gasteiger partial charge on any atom is 0.301 e. The molecule has 4 aromatic rings. The predicted molar refractivity (Wildman–Crippen MR) is 159 cm³/mol. The Hall–Kier alpha value is -3.86. The van der Waals surface area contributed by atoms with Crippen LogP contribution in [0.2, 0.25) is 5.02 Å². The molecule has 6 rings (SSSR count). The Labute approximate surface area is 249 Å². The molecule has 0 saturated carbocycles. The standard InChI is InChI=1S/C30H24ClN3O5S2/c1-16-13-20-14-18(9-12-23(20)39-16)26(35)24-25(17-7-10-21(38-2)11-8-17)34(28(37)27(24)36)29-32-33-30(41-29)40-15-19-5-3-4-6-22(19)31/h3-12,14,16,25,35H,13,15H2,1-2H3. The normalized spacial score (nSPS) is 19.3. The fourth-order valence-corrected chi connectivity index (χ4v) is 7.12. The van der Waals surface area contributed by atoms with Crippen LogP contribution in [0.1, 0.15) is 35.2 Å². The first kappa shape index (κ1) is 27.3. The number of nitrogens with zero attached hydrogens (tertiary/aromatic N) is 3. The van der Waals surface area contributed by atoms with Crippen LogP contribution in [0.5, 0.6) is 11.5 Å². The molecule has 2 aliphatic rings. The number of aliphatic hydroxyl groups excluding tert-OH is 1. The number of ether oxygens (including phenoxy) is 2. The van der Waals surface area contributed by atoms with Crippen LogP contribution in [0.15, 0.2) is 76.6 Å². The van der Waals surface area contributed by atoms with Gasteiger partial charge in [0.15, 0.2) is 4.34 Å². The highest BCUT2D eigenvalue weighted by atomic mass is 35.5. The van der Waals surface area contributed by atoms with Gasteiger partial charge in [-0.2, -0.15) is 0 Å². The van der Waals surface area contributed by atoms with Gasteiger partial charge in [-0.25, -0.2) is 0 Å². The number of amides is 1. The lowest BCUT2D eigenvalue weighted by molar-refractivity contribution is -0.132. The van der Waals surface area contributed by atoms with E-state index in [2.05, 4.69) is 10.2 Å². The number of fused-ring (bicyclic) bond motifs is 1. The molecule has 0 spiro atoms. The third kappa shape index (κ3) is 5.18. The first-order valence-electron chi connectivity index (χ1n) is 12.8. The van der Waals surface area contributed by atoms with Gasteiger partial charge < -0.3 is 14.6 Å². The van der Waals surface area contributed by atoms with Gasteiger partial charge in [-0.3, -0.25) is 14.5 Å². The molecule has 0 radical (unpaired) electrons. The van der Waals surface area contributed by atoms with E-state index in [0.717, 1.165) is 16.9 Å². The summed E-state index contributed by atoms with van der Waals surface area (Å²) in [5.74, 6) is 0.0879. The van der Waals surface area contributed by atoms with Crippen molar-refractivity contribution < 1.29 is 24.2 Å². The van der Waals surface area contributed by atoms with E-state index in [0.29, 0.717) is 38.4 Å². The number of carbonyl (C=O) groups excluding carboxylic acids is 2. The number of rotatable bonds is 7. The van der Waals surface area contributed by atoms with Gasteiger partial charge in [-0.1, -0.05) is 65.0 Å². The first-order valence-corrected chi connectivity index (χ1v) is 15.0. The van der Waals surface area contributed by atoms with Gasteiger partial charge in [0, 0.05) is 22.8 Å². The number of thioether (sulfide) groups is 1. The molecule has 2 unspecified atom stereocenters. The highest BCUT2D eigenvalue weighted by Crippen LogP contribution is 2.45. The average molecular weight is 606 g/mol. The van der Waals surface area contributed by atoms with E-state index in [9.17, 15) is 14.7 Å². The van der Waals surface area contributed by atoms with Crippen LogP contribution in [0.4, 0.5) is 5.13 Å². The van der Waals surface area contributed by atoms with Crippen molar-refractivity contribution in [2.24, 2.45) is 0 Å². The Bertz CT molecular complexity index is 1690. The molecule has 0 bridgehead atoms. The molecule has 1 amide bonds. The number of hydrogen-bond acceptors (Lipinski definition) is 9. The SMILES string of the molecule is COc1ccc(C2C(=C(O)c3ccc4c(c3)CC(C)O4)C(=O)C(=O)N2c2nnc(SCc3ccccc3Cl)s2)cc1. The number of ketones is 1. The number of hydrogen-bond donors (Lipinski definition) is 1. The van der Waals surface area contributed by atoms with E-state index in [4.69, 9.17) is 21.1 Å². The van der Waals surface area contributed by atoms with Crippen LogP contribution in [-0.2, 0) is 21.8 Å². The van der Waals surface area contributed by atoms with Crippen molar-refractivity contribution in [3.8, 4) is 11.5 Å². The molecular formula is C30H24ClN3O5S2. The molecule has 41 heavy (non-hydrogen) atoms. The summed E-state index contributed by atoms with van der Waals surface area (Å²) < 4.78 is 11.7. The summed E-state index contributed by atoms with van der Waals surface area (Å²) in [7, 11) is 1.56. The molecule has 2 aliphatic heterocycles. The number of aliphatic hydroxyl groups is 1. The number of anilines is 1. The van der Waals surface area contributed by atoms with E-state index in [1.165, 1.54) is 28.0 Å². The van der Waals surface area contributed by atoms with Crippen molar-refractivity contribution in [3.05, 3.63) is 99.6 Å². The van der Waals surface area contributed by atoms with Gasteiger partial charge in [0.25, 0.3) is 5.78 Å². The summed E-state index contributed by atoms with van der Waals surface area (Å²) >= 11 is 8.93. The maximum absolute atomic E-state index is 13.5. The highest BCUT2D eigenvalue weighted by molar-refractivity contribution is 8.00. The van der Waals surface area contributed by atoms with Gasteiger partial charge in [-0.05, 0) is 60.0 Å². The Kier molecular flexibility index (Phi) is 7.46. The monoisotopic (exact) mass is 605 g/mol. The topological polar surface area (TPSA) is 102 Å². The molecule has 3 heterocycles. The molecule has 1 aromatic heterocycles. The van der Waals surface area contributed by atoms with Gasteiger partial charge in [0.2, 0.25) is 5.13 Å². The smallest absolute Gasteiger partial charge is 0.301 e. The first-order chi connectivity index (χ1) is 19.8. The largest absolute Gasteiger partial charge is 0.507 e.